The number of methoxy groups -OCH3 is 2. The molecular weight excluding hydrogens is 334 g/mol. The van der Waals surface area contributed by atoms with Crippen LogP contribution in [0, 0.1) is 6.92 Å². The number of ether oxygens (including phenoxy) is 3. The van der Waals surface area contributed by atoms with Crippen LogP contribution in [0.3, 0.4) is 0 Å². The van der Waals surface area contributed by atoms with Gasteiger partial charge >= 0.3 is 5.97 Å². The minimum Gasteiger partial charge on any atom is -0.496 e. The number of anilines is 1. The van der Waals surface area contributed by atoms with Gasteiger partial charge in [-0.15, -0.1) is 0 Å². The Hall–Kier alpha value is -3.02. The summed E-state index contributed by atoms with van der Waals surface area (Å²) in [5, 5.41) is 2.73. The van der Waals surface area contributed by atoms with E-state index in [0.29, 0.717) is 22.7 Å². The van der Waals surface area contributed by atoms with E-state index >= 15 is 0 Å². The van der Waals surface area contributed by atoms with Gasteiger partial charge in [0.25, 0.3) is 5.91 Å². The number of hydrogen-bond donors (Lipinski definition) is 1. The smallest absolute Gasteiger partial charge is 0.311 e. The van der Waals surface area contributed by atoms with Crippen LogP contribution in [0.25, 0.3) is 0 Å². The number of nitrogens with one attached hydrogen (secondary N) is 1. The highest BCUT2D eigenvalue weighted by atomic mass is 16.5. The monoisotopic (exact) mass is 357 g/mol. The molecule has 0 aromatic heterocycles. The largest absolute Gasteiger partial charge is 0.496 e. The lowest BCUT2D eigenvalue weighted by Crippen LogP contribution is -2.30. The lowest BCUT2D eigenvalue weighted by atomic mass is 10.1. The van der Waals surface area contributed by atoms with Crippen molar-refractivity contribution in [2.24, 2.45) is 0 Å². The predicted octanol–water partition coefficient (Wildman–Crippen LogP) is 3.13. The third-order valence-electron chi connectivity index (χ3n) is 3.82. The van der Waals surface area contributed by atoms with Crippen LogP contribution in [0.1, 0.15) is 18.1 Å². The summed E-state index contributed by atoms with van der Waals surface area (Å²) in [5.74, 6) is 0.207. The molecule has 2 aromatic rings. The highest BCUT2D eigenvalue weighted by Crippen LogP contribution is 2.25. The summed E-state index contributed by atoms with van der Waals surface area (Å²) in [4.78, 5) is 24.5. The van der Waals surface area contributed by atoms with Crippen molar-refractivity contribution in [2.45, 2.75) is 26.4 Å². The molecule has 0 spiro atoms. The maximum Gasteiger partial charge on any atom is 0.311 e. The van der Waals surface area contributed by atoms with E-state index in [9.17, 15) is 9.59 Å². The molecule has 2 rings (SSSR count). The van der Waals surface area contributed by atoms with E-state index < -0.39 is 18.0 Å². The van der Waals surface area contributed by atoms with Crippen LogP contribution in [0.4, 0.5) is 5.69 Å². The average molecular weight is 357 g/mol. The molecule has 2 aromatic carbocycles. The van der Waals surface area contributed by atoms with E-state index in [1.54, 1.807) is 24.3 Å². The summed E-state index contributed by atoms with van der Waals surface area (Å²) in [6.45, 7) is 3.43. The standard InChI is InChI=1S/C20H23NO5/c1-13-9-10-18(25-4)16(11-13)21-20(23)14(2)26-19(22)12-15-7-5-6-8-17(15)24-3/h5-11,14H,12H2,1-4H3,(H,21,23)/t14-/m0/s1. The summed E-state index contributed by atoms with van der Waals surface area (Å²) < 4.78 is 15.7. The number of hydrogen-bond acceptors (Lipinski definition) is 5. The van der Waals surface area contributed by atoms with E-state index in [1.807, 2.05) is 25.1 Å². The fourth-order valence-corrected chi connectivity index (χ4v) is 2.45. The first-order chi connectivity index (χ1) is 12.4. The highest BCUT2D eigenvalue weighted by molar-refractivity contribution is 5.96. The maximum absolute atomic E-state index is 12.3. The Labute approximate surface area is 153 Å². The molecule has 0 aliphatic heterocycles. The molecule has 0 saturated heterocycles. The highest BCUT2D eigenvalue weighted by Gasteiger charge is 2.20. The molecule has 6 nitrogen and oxygen atoms in total. The van der Waals surface area contributed by atoms with Crippen LogP contribution in [0.5, 0.6) is 11.5 Å². The lowest BCUT2D eigenvalue weighted by Gasteiger charge is -2.16. The van der Waals surface area contributed by atoms with Gasteiger partial charge < -0.3 is 19.5 Å². The number of amides is 1. The van der Waals surface area contributed by atoms with Gasteiger partial charge in [-0.1, -0.05) is 24.3 Å². The second kappa shape index (κ2) is 8.89. The number of para-hydroxylation sites is 1. The third kappa shape index (κ3) is 4.99. The normalized spacial score (nSPS) is 11.4. The molecule has 26 heavy (non-hydrogen) atoms. The van der Waals surface area contributed by atoms with Crippen LogP contribution >= 0.6 is 0 Å². The number of carbonyl (C=O) groups is 2. The first kappa shape index (κ1) is 19.3. The fraction of sp³-hybridized carbons (Fsp3) is 0.300. The molecule has 0 unspecified atom stereocenters. The topological polar surface area (TPSA) is 73.9 Å². The SMILES string of the molecule is COc1ccccc1CC(=O)O[C@@H](C)C(=O)Nc1cc(C)ccc1OC. The Kier molecular flexibility index (Phi) is 6.60. The lowest BCUT2D eigenvalue weighted by molar-refractivity contribution is -0.152. The second-order valence-electron chi connectivity index (χ2n) is 5.81. The summed E-state index contributed by atoms with van der Waals surface area (Å²) in [5.41, 5.74) is 2.21. The minimum atomic E-state index is -0.942. The van der Waals surface area contributed by atoms with Crippen LogP contribution in [0.15, 0.2) is 42.5 Å². The van der Waals surface area contributed by atoms with Gasteiger partial charge in [0, 0.05) is 5.56 Å². The van der Waals surface area contributed by atoms with Crippen LogP contribution in [-0.2, 0) is 20.7 Å². The number of carbonyl (C=O) groups excluding carboxylic acids is 2. The summed E-state index contributed by atoms with van der Waals surface area (Å²) in [7, 11) is 3.06. The molecule has 0 bridgehead atoms. The van der Waals surface area contributed by atoms with Crippen LogP contribution < -0.4 is 14.8 Å². The van der Waals surface area contributed by atoms with Gasteiger partial charge in [-0.05, 0) is 37.6 Å². The summed E-state index contributed by atoms with van der Waals surface area (Å²) in [6.07, 6.45) is -0.919. The second-order valence-corrected chi connectivity index (χ2v) is 5.81. The van der Waals surface area contributed by atoms with E-state index in [-0.39, 0.29) is 6.42 Å². The van der Waals surface area contributed by atoms with Crippen molar-refractivity contribution in [1.29, 1.82) is 0 Å². The van der Waals surface area contributed by atoms with Gasteiger partial charge in [-0.2, -0.15) is 0 Å². The number of esters is 1. The number of rotatable bonds is 7. The van der Waals surface area contributed by atoms with Crippen molar-refractivity contribution in [1.82, 2.24) is 0 Å². The van der Waals surface area contributed by atoms with Crippen molar-refractivity contribution >= 4 is 17.6 Å². The summed E-state index contributed by atoms with van der Waals surface area (Å²) >= 11 is 0. The van der Waals surface area contributed by atoms with Gasteiger partial charge in [-0.3, -0.25) is 9.59 Å². The Morgan fingerprint density at radius 3 is 2.42 bits per heavy atom. The Morgan fingerprint density at radius 1 is 1.04 bits per heavy atom. The van der Waals surface area contributed by atoms with E-state index in [0.717, 1.165) is 5.56 Å². The molecule has 0 fully saturated rings. The number of aryl methyl sites for hydroxylation is 1. The predicted molar refractivity (Wildman–Crippen MR) is 98.6 cm³/mol. The van der Waals surface area contributed by atoms with Crippen LogP contribution in [0.2, 0.25) is 0 Å². The van der Waals surface area contributed by atoms with Crippen molar-refractivity contribution < 1.29 is 23.8 Å². The summed E-state index contributed by atoms with van der Waals surface area (Å²) in [6, 6.07) is 12.6. The average Bonchev–Trinajstić information content (AvgIpc) is 2.62. The third-order valence-corrected chi connectivity index (χ3v) is 3.82. The molecule has 1 amide bonds. The molecule has 6 heteroatoms. The fourth-order valence-electron chi connectivity index (χ4n) is 2.45. The molecule has 138 valence electrons. The van der Waals surface area contributed by atoms with E-state index in [2.05, 4.69) is 5.32 Å². The quantitative estimate of drug-likeness (QED) is 0.771. The Morgan fingerprint density at radius 2 is 1.73 bits per heavy atom. The Bertz CT molecular complexity index is 788. The molecule has 1 atom stereocenters. The maximum atomic E-state index is 12.3. The molecule has 0 aliphatic carbocycles. The van der Waals surface area contributed by atoms with Crippen molar-refractivity contribution in [3.8, 4) is 11.5 Å². The van der Waals surface area contributed by atoms with Crippen LogP contribution in [-0.4, -0.2) is 32.2 Å². The molecule has 0 saturated carbocycles. The van der Waals surface area contributed by atoms with Gasteiger partial charge in [0.15, 0.2) is 6.10 Å². The molecule has 0 heterocycles. The first-order valence-electron chi connectivity index (χ1n) is 8.21. The number of benzene rings is 2. The van der Waals surface area contributed by atoms with Gasteiger partial charge in [-0.25, -0.2) is 0 Å². The van der Waals surface area contributed by atoms with Gasteiger partial charge in [0.1, 0.15) is 11.5 Å². The zero-order valence-corrected chi connectivity index (χ0v) is 15.4. The molecule has 0 aliphatic rings. The minimum absolute atomic E-state index is 0.0232. The Balaban J connectivity index is 1.98. The molecule has 1 N–H and O–H groups in total. The van der Waals surface area contributed by atoms with E-state index in [4.69, 9.17) is 14.2 Å². The zero-order valence-electron chi connectivity index (χ0n) is 15.4. The van der Waals surface area contributed by atoms with E-state index in [1.165, 1.54) is 21.1 Å². The van der Waals surface area contributed by atoms with Crippen molar-refractivity contribution in [2.75, 3.05) is 19.5 Å². The van der Waals surface area contributed by atoms with Crippen molar-refractivity contribution in [3.05, 3.63) is 53.6 Å². The van der Waals surface area contributed by atoms with Gasteiger partial charge in [0.05, 0.1) is 26.3 Å². The zero-order chi connectivity index (χ0) is 19.1. The molecule has 0 radical (unpaired) electrons. The van der Waals surface area contributed by atoms with Crippen molar-refractivity contribution in [3.63, 3.8) is 0 Å². The molecular formula is C20H23NO5. The van der Waals surface area contributed by atoms with Gasteiger partial charge in [0.2, 0.25) is 0 Å². The first-order valence-corrected chi connectivity index (χ1v) is 8.21.